The number of aliphatic carboxylic acids is 1. The SMILES string of the molecule is CCC(C)(C)C(=O)C(=O)N1CCCC[C@H]1C(=O)O[C@H](CCc1cc(OC)c(OC)c(OC)c1)c1cccc(OCC(=O)O)c1. The van der Waals surface area contributed by atoms with Crippen LogP contribution in [0.15, 0.2) is 36.4 Å². The lowest BCUT2D eigenvalue weighted by Gasteiger charge is -2.36. The molecule has 2 aromatic rings. The highest BCUT2D eigenvalue weighted by Crippen LogP contribution is 2.39. The molecule has 0 unspecified atom stereocenters. The predicted molar refractivity (Wildman–Crippen MR) is 161 cm³/mol. The van der Waals surface area contributed by atoms with Gasteiger partial charge < -0.3 is 33.7 Å². The molecule has 0 bridgehead atoms. The van der Waals surface area contributed by atoms with Gasteiger partial charge in [-0.05, 0) is 73.9 Å². The number of carboxylic acid groups (broad SMARTS) is 1. The Labute approximate surface area is 258 Å². The topological polar surface area (TPSA) is 138 Å². The quantitative estimate of drug-likeness (QED) is 0.221. The van der Waals surface area contributed by atoms with Crippen molar-refractivity contribution in [2.75, 3.05) is 34.5 Å². The molecule has 0 saturated carbocycles. The number of likely N-dealkylation sites (tertiary alicyclic amines) is 1. The van der Waals surface area contributed by atoms with Gasteiger partial charge in [0, 0.05) is 12.0 Å². The molecule has 1 amide bonds. The molecule has 44 heavy (non-hydrogen) atoms. The van der Waals surface area contributed by atoms with Crippen LogP contribution >= 0.6 is 0 Å². The predicted octanol–water partition coefficient (Wildman–Crippen LogP) is 4.78. The molecule has 1 saturated heterocycles. The molecule has 0 spiro atoms. The van der Waals surface area contributed by atoms with E-state index in [1.807, 2.05) is 19.1 Å². The summed E-state index contributed by atoms with van der Waals surface area (Å²) in [4.78, 5) is 52.5. The molecule has 11 nitrogen and oxygen atoms in total. The third-order valence-corrected chi connectivity index (χ3v) is 8.00. The van der Waals surface area contributed by atoms with Gasteiger partial charge in [-0.1, -0.05) is 32.9 Å². The number of methoxy groups -OCH3 is 3. The van der Waals surface area contributed by atoms with Crippen LogP contribution in [-0.2, 0) is 30.3 Å². The van der Waals surface area contributed by atoms with Gasteiger partial charge in [-0.15, -0.1) is 0 Å². The van der Waals surface area contributed by atoms with Gasteiger partial charge in [0.2, 0.25) is 11.5 Å². The third kappa shape index (κ3) is 8.42. The summed E-state index contributed by atoms with van der Waals surface area (Å²) in [7, 11) is 4.57. The molecular formula is C33H43NO10. The number of Topliss-reactive ketones (excluding diaryl/α,β-unsaturated/α-hetero) is 1. The van der Waals surface area contributed by atoms with E-state index in [1.54, 1.807) is 38.1 Å². The lowest BCUT2D eigenvalue weighted by atomic mass is 9.84. The van der Waals surface area contributed by atoms with E-state index >= 15 is 0 Å². The number of esters is 1. The molecule has 11 heteroatoms. The number of carboxylic acids is 1. The Kier molecular flexibility index (Phi) is 12.0. The summed E-state index contributed by atoms with van der Waals surface area (Å²) in [6.45, 7) is 5.06. The highest BCUT2D eigenvalue weighted by molar-refractivity contribution is 6.38. The lowest BCUT2D eigenvalue weighted by Crippen LogP contribution is -2.53. The molecule has 1 fully saturated rings. The van der Waals surface area contributed by atoms with Crippen molar-refractivity contribution in [2.24, 2.45) is 5.41 Å². The fourth-order valence-corrected chi connectivity index (χ4v) is 5.04. The first-order chi connectivity index (χ1) is 20.9. The van der Waals surface area contributed by atoms with E-state index in [0.29, 0.717) is 73.6 Å². The Morgan fingerprint density at radius 1 is 1.00 bits per heavy atom. The van der Waals surface area contributed by atoms with Gasteiger partial charge in [-0.2, -0.15) is 0 Å². The van der Waals surface area contributed by atoms with Crippen molar-refractivity contribution in [3.63, 3.8) is 0 Å². The van der Waals surface area contributed by atoms with E-state index in [-0.39, 0.29) is 0 Å². The van der Waals surface area contributed by atoms with Gasteiger partial charge >= 0.3 is 11.9 Å². The van der Waals surface area contributed by atoms with Crippen molar-refractivity contribution in [2.45, 2.75) is 71.4 Å². The summed E-state index contributed by atoms with van der Waals surface area (Å²) >= 11 is 0. The fraction of sp³-hybridized carbons (Fsp3) is 0.515. The second kappa shape index (κ2) is 15.4. The first-order valence-electron chi connectivity index (χ1n) is 14.7. The summed E-state index contributed by atoms with van der Waals surface area (Å²) in [5.41, 5.74) is 0.578. The molecular weight excluding hydrogens is 570 g/mol. The Bertz CT molecular complexity index is 1310. The number of carbonyl (C=O) groups is 4. The Morgan fingerprint density at radius 3 is 2.27 bits per heavy atom. The molecule has 1 aliphatic heterocycles. The van der Waals surface area contributed by atoms with Crippen molar-refractivity contribution in [1.29, 1.82) is 0 Å². The van der Waals surface area contributed by atoms with E-state index in [1.165, 1.54) is 26.2 Å². The zero-order valence-corrected chi connectivity index (χ0v) is 26.3. The second-order valence-electron chi connectivity index (χ2n) is 11.3. The fourth-order valence-electron chi connectivity index (χ4n) is 5.04. The molecule has 240 valence electrons. The number of amides is 1. The number of ketones is 1. The van der Waals surface area contributed by atoms with Gasteiger partial charge in [0.15, 0.2) is 18.1 Å². The van der Waals surface area contributed by atoms with Crippen LogP contribution < -0.4 is 18.9 Å². The average Bonchev–Trinajstić information content (AvgIpc) is 3.04. The molecule has 1 N–H and O–H groups in total. The maximum Gasteiger partial charge on any atom is 0.341 e. The molecule has 0 radical (unpaired) electrons. The molecule has 0 aromatic heterocycles. The number of nitrogens with zero attached hydrogens (tertiary/aromatic N) is 1. The summed E-state index contributed by atoms with van der Waals surface area (Å²) in [5, 5.41) is 9.04. The normalized spacial score (nSPS) is 15.6. The van der Waals surface area contributed by atoms with Gasteiger partial charge in [0.1, 0.15) is 17.9 Å². The molecule has 2 atom stereocenters. The van der Waals surface area contributed by atoms with Crippen LogP contribution in [0.5, 0.6) is 23.0 Å². The first-order valence-corrected chi connectivity index (χ1v) is 14.7. The van der Waals surface area contributed by atoms with Crippen LogP contribution in [0.2, 0.25) is 0 Å². The van der Waals surface area contributed by atoms with E-state index in [4.69, 9.17) is 28.8 Å². The zero-order valence-electron chi connectivity index (χ0n) is 26.3. The number of rotatable bonds is 15. The molecule has 1 aliphatic rings. The van der Waals surface area contributed by atoms with Crippen molar-refractivity contribution >= 4 is 23.6 Å². The van der Waals surface area contributed by atoms with E-state index < -0.39 is 47.8 Å². The van der Waals surface area contributed by atoms with Crippen molar-refractivity contribution in [1.82, 2.24) is 4.90 Å². The lowest BCUT2D eigenvalue weighted by molar-refractivity contribution is -0.164. The average molecular weight is 614 g/mol. The van der Waals surface area contributed by atoms with Gasteiger partial charge in [-0.25, -0.2) is 9.59 Å². The molecule has 0 aliphatic carbocycles. The molecule has 1 heterocycles. The number of hydrogen-bond donors (Lipinski definition) is 1. The van der Waals surface area contributed by atoms with Crippen molar-refractivity contribution in [3.8, 4) is 23.0 Å². The highest BCUT2D eigenvalue weighted by Gasteiger charge is 2.41. The minimum absolute atomic E-state index is 0.290. The Hall–Kier alpha value is -4.28. The van der Waals surface area contributed by atoms with Crippen LogP contribution in [0.1, 0.15) is 70.1 Å². The third-order valence-electron chi connectivity index (χ3n) is 8.00. The maximum atomic E-state index is 13.7. The largest absolute Gasteiger partial charge is 0.493 e. The Morgan fingerprint density at radius 2 is 1.68 bits per heavy atom. The molecule has 3 rings (SSSR count). The highest BCUT2D eigenvalue weighted by atomic mass is 16.5. The maximum absolute atomic E-state index is 13.7. The first kappa shape index (κ1) is 34.2. The van der Waals surface area contributed by atoms with Crippen LogP contribution in [0, 0.1) is 5.41 Å². The summed E-state index contributed by atoms with van der Waals surface area (Å²) < 4.78 is 27.9. The van der Waals surface area contributed by atoms with E-state index in [9.17, 15) is 19.2 Å². The van der Waals surface area contributed by atoms with Crippen LogP contribution in [0.25, 0.3) is 0 Å². The van der Waals surface area contributed by atoms with Crippen molar-refractivity contribution in [3.05, 3.63) is 47.5 Å². The van der Waals surface area contributed by atoms with Crippen LogP contribution in [0.3, 0.4) is 0 Å². The van der Waals surface area contributed by atoms with Gasteiger partial charge in [0.05, 0.1) is 21.3 Å². The van der Waals surface area contributed by atoms with E-state index in [2.05, 4.69) is 0 Å². The minimum atomic E-state index is -1.12. The van der Waals surface area contributed by atoms with E-state index in [0.717, 1.165) is 5.56 Å². The number of aryl methyl sites for hydroxylation is 1. The summed E-state index contributed by atoms with van der Waals surface area (Å²) in [6.07, 6.45) is 2.25. The molecule has 2 aromatic carbocycles. The summed E-state index contributed by atoms with van der Waals surface area (Å²) in [5.74, 6) is -1.20. The number of piperidine rings is 1. The standard InChI is InChI=1S/C33H43NO10/c1-7-33(2,3)30(37)31(38)34-16-9-8-13-24(34)32(39)44-25(22-11-10-12-23(19-22)43-20-28(35)36)15-14-21-17-26(40-4)29(42-6)27(18-21)41-5/h10-12,17-19,24-25H,7-9,13-16,20H2,1-6H3,(H,35,36)/t24-,25+/m0/s1. The second-order valence-corrected chi connectivity index (χ2v) is 11.3. The monoisotopic (exact) mass is 613 g/mol. The van der Waals surface area contributed by atoms with Gasteiger partial charge in [-0.3, -0.25) is 9.59 Å². The van der Waals surface area contributed by atoms with Crippen LogP contribution in [0.4, 0.5) is 0 Å². The van der Waals surface area contributed by atoms with Gasteiger partial charge in [0.25, 0.3) is 5.91 Å². The smallest absolute Gasteiger partial charge is 0.341 e. The number of benzene rings is 2. The number of carbonyl (C=O) groups excluding carboxylic acids is 3. The van der Waals surface area contributed by atoms with Crippen LogP contribution in [-0.4, -0.2) is 74.2 Å². The van der Waals surface area contributed by atoms with Crippen molar-refractivity contribution < 1.29 is 48.0 Å². The Balaban J connectivity index is 1.91. The minimum Gasteiger partial charge on any atom is -0.493 e. The number of ether oxygens (including phenoxy) is 5. The summed E-state index contributed by atoms with van der Waals surface area (Å²) in [6, 6.07) is 9.43. The number of hydrogen-bond acceptors (Lipinski definition) is 9. The zero-order chi connectivity index (χ0) is 32.4.